The summed E-state index contributed by atoms with van der Waals surface area (Å²) in [5, 5.41) is 0. The molecule has 0 N–H and O–H groups in total. The molecule has 1 saturated heterocycles. The first-order valence-corrected chi connectivity index (χ1v) is 8.29. The predicted molar refractivity (Wildman–Crippen MR) is 88.1 cm³/mol. The van der Waals surface area contributed by atoms with Crippen molar-refractivity contribution in [1.82, 2.24) is 9.88 Å². The maximum atomic E-state index is 13.1. The first-order chi connectivity index (χ1) is 10.4. The number of allylic oxidation sites excluding steroid dienone is 2. The number of likely N-dealkylation sites (tertiary alicyclic amines) is 1. The monoisotopic (exact) mass is 298 g/mol. The molecule has 3 atom stereocenters. The Balaban J connectivity index is 1.79. The number of carbonyl (C=O) groups excluding carboxylic acids is 1. The van der Waals surface area contributed by atoms with Gasteiger partial charge in [0, 0.05) is 12.7 Å². The van der Waals surface area contributed by atoms with Crippen LogP contribution in [0, 0.1) is 17.3 Å². The Morgan fingerprint density at radius 2 is 2.14 bits per heavy atom. The van der Waals surface area contributed by atoms with Gasteiger partial charge in [0.2, 0.25) is 5.91 Å². The highest BCUT2D eigenvalue weighted by Gasteiger charge is 2.61. The zero-order valence-electron chi connectivity index (χ0n) is 14.0. The molecule has 3 nitrogen and oxygen atoms in total. The van der Waals surface area contributed by atoms with E-state index in [1.54, 1.807) is 0 Å². The Labute approximate surface area is 133 Å². The van der Waals surface area contributed by atoms with E-state index in [2.05, 4.69) is 43.7 Å². The molecule has 22 heavy (non-hydrogen) atoms. The lowest BCUT2D eigenvalue weighted by atomic mass is 10.1. The van der Waals surface area contributed by atoms with Gasteiger partial charge >= 0.3 is 0 Å². The van der Waals surface area contributed by atoms with E-state index < -0.39 is 0 Å². The molecular weight excluding hydrogens is 272 g/mol. The summed E-state index contributed by atoms with van der Waals surface area (Å²) >= 11 is 0. The van der Waals surface area contributed by atoms with Crippen molar-refractivity contribution < 1.29 is 4.79 Å². The topological polar surface area (TPSA) is 33.2 Å². The molecule has 2 fully saturated rings. The molecule has 0 unspecified atom stereocenters. The lowest BCUT2D eigenvalue weighted by Crippen LogP contribution is -2.33. The Hall–Kier alpha value is -1.64. The summed E-state index contributed by atoms with van der Waals surface area (Å²) < 4.78 is 0. The summed E-state index contributed by atoms with van der Waals surface area (Å²) in [4.78, 5) is 19.6. The molecule has 0 radical (unpaired) electrons. The molecule has 0 bridgehead atoms. The first kappa shape index (κ1) is 15.3. The average molecular weight is 298 g/mol. The van der Waals surface area contributed by atoms with Gasteiger partial charge in [-0.15, -0.1) is 0 Å². The van der Waals surface area contributed by atoms with Crippen LogP contribution in [-0.4, -0.2) is 22.3 Å². The van der Waals surface area contributed by atoms with E-state index in [0.717, 1.165) is 25.1 Å². The van der Waals surface area contributed by atoms with Crippen LogP contribution in [0.2, 0.25) is 0 Å². The zero-order chi connectivity index (χ0) is 15.9. The number of aromatic nitrogens is 1. The molecule has 0 spiro atoms. The van der Waals surface area contributed by atoms with E-state index in [1.807, 2.05) is 24.4 Å². The van der Waals surface area contributed by atoms with E-state index in [4.69, 9.17) is 0 Å². The van der Waals surface area contributed by atoms with Crippen molar-refractivity contribution in [2.24, 2.45) is 17.3 Å². The van der Waals surface area contributed by atoms with Crippen molar-refractivity contribution >= 4 is 5.91 Å². The van der Waals surface area contributed by atoms with Gasteiger partial charge in [-0.25, -0.2) is 0 Å². The number of hydrogen-bond acceptors (Lipinski definition) is 2. The van der Waals surface area contributed by atoms with Crippen molar-refractivity contribution in [2.45, 2.75) is 46.6 Å². The van der Waals surface area contributed by atoms with Gasteiger partial charge in [0.25, 0.3) is 0 Å². The van der Waals surface area contributed by atoms with Crippen LogP contribution in [0.5, 0.6) is 0 Å². The molecule has 1 aromatic rings. The highest BCUT2D eigenvalue weighted by molar-refractivity contribution is 5.84. The molecular formula is C19H26N2O. The lowest BCUT2D eigenvalue weighted by molar-refractivity contribution is -0.134. The van der Waals surface area contributed by atoms with Crippen LogP contribution in [0.3, 0.4) is 0 Å². The fraction of sp³-hybridized carbons (Fsp3) is 0.579. The van der Waals surface area contributed by atoms with E-state index >= 15 is 0 Å². The number of carbonyl (C=O) groups is 1. The zero-order valence-corrected chi connectivity index (χ0v) is 14.0. The highest BCUT2D eigenvalue weighted by Crippen LogP contribution is 2.60. The first-order valence-electron chi connectivity index (χ1n) is 8.29. The second-order valence-electron chi connectivity index (χ2n) is 7.51. The minimum Gasteiger partial charge on any atom is -0.334 e. The standard InChI is InChI=1S/C19H26N2O/c1-13(2)12-14-17(19(14,3)4)18(22)21-11-7-9-16(21)15-8-5-6-10-20-15/h5-6,8,10,12,14,16-17H,7,9,11H2,1-4H3/t14-,16+,17-/m1/s1. The van der Waals surface area contributed by atoms with Gasteiger partial charge in [-0.05, 0) is 50.2 Å². The smallest absolute Gasteiger partial charge is 0.227 e. The molecule has 2 heterocycles. The normalized spacial score (nSPS) is 29.3. The fourth-order valence-corrected chi connectivity index (χ4v) is 3.91. The number of rotatable bonds is 3. The van der Waals surface area contributed by atoms with Crippen molar-refractivity contribution in [3.8, 4) is 0 Å². The molecule has 2 aliphatic rings. The van der Waals surface area contributed by atoms with Gasteiger partial charge in [-0.3, -0.25) is 9.78 Å². The predicted octanol–water partition coefficient (Wildman–Crippen LogP) is 3.98. The molecule has 1 saturated carbocycles. The molecule has 3 heteroatoms. The number of amides is 1. The van der Waals surface area contributed by atoms with Crippen LogP contribution in [0.4, 0.5) is 0 Å². The van der Waals surface area contributed by atoms with Gasteiger partial charge in [0.05, 0.1) is 17.7 Å². The molecule has 118 valence electrons. The van der Waals surface area contributed by atoms with Gasteiger partial charge < -0.3 is 4.90 Å². The van der Waals surface area contributed by atoms with Gasteiger partial charge in [0.1, 0.15) is 0 Å². The van der Waals surface area contributed by atoms with Gasteiger partial charge in [-0.1, -0.05) is 31.6 Å². The molecule has 1 aliphatic heterocycles. The SMILES string of the molecule is CC(C)=C[C@@H]1[C@H](C(=O)N2CCC[C@H]2c2ccccn2)C1(C)C. The highest BCUT2D eigenvalue weighted by atomic mass is 16.2. The summed E-state index contributed by atoms with van der Waals surface area (Å²) in [5.41, 5.74) is 2.42. The third-order valence-corrected chi connectivity index (χ3v) is 5.25. The van der Waals surface area contributed by atoms with Crippen LogP contribution < -0.4 is 0 Å². The van der Waals surface area contributed by atoms with Crippen molar-refractivity contribution in [3.05, 3.63) is 41.7 Å². The van der Waals surface area contributed by atoms with E-state index in [1.165, 1.54) is 5.57 Å². The Kier molecular flexibility index (Phi) is 3.84. The van der Waals surface area contributed by atoms with Crippen LogP contribution >= 0.6 is 0 Å². The Morgan fingerprint density at radius 1 is 1.36 bits per heavy atom. The van der Waals surface area contributed by atoms with Crippen molar-refractivity contribution in [2.75, 3.05) is 6.54 Å². The maximum absolute atomic E-state index is 13.1. The van der Waals surface area contributed by atoms with Gasteiger partial charge in [0.15, 0.2) is 0 Å². The van der Waals surface area contributed by atoms with Gasteiger partial charge in [-0.2, -0.15) is 0 Å². The second-order valence-corrected chi connectivity index (χ2v) is 7.51. The second kappa shape index (κ2) is 5.53. The summed E-state index contributed by atoms with van der Waals surface area (Å²) in [7, 11) is 0. The summed E-state index contributed by atoms with van der Waals surface area (Å²) in [6, 6.07) is 6.15. The summed E-state index contributed by atoms with van der Waals surface area (Å²) in [6.45, 7) is 9.52. The van der Waals surface area contributed by atoms with E-state index in [-0.39, 0.29) is 17.4 Å². The molecule has 1 amide bonds. The quantitative estimate of drug-likeness (QED) is 0.791. The maximum Gasteiger partial charge on any atom is 0.227 e. The largest absolute Gasteiger partial charge is 0.334 e. The summed E-state index contributed by atoms with van der Waals surface area (Å²) in [5.74, 6) is 0.836. The Bertz CT molecular complexity index is 587. The minimum absolute atomic E-state index is 0.0889. The third-order valence-electron chi connectivity index (χ3n) is 5.25. The molecule has 1 aromatic heterocycles. The molecule has 3 rings (SSSR count). The third kappa shape index (κ3) is 2.57. The van der Waals surface area contributed by atoms with Crippen molar-refractivity contribution in [1.29, 1.82) is 0 Å². The Morgan fingerprint density at radius 3 is 2.77 bits per heavy atom. The number of hydrogen-bond donors (Lipinski definition) is 0. The molecule has 0 aromatic carbocycles. The van der Waals surface area contributed by atoms with Crippen LogP contribution in [-0.2, 0) is 4.79 Å². The fourth-order valence-electron chi connectivity index (χ4n) is 3.91. The van der Waals surface area contributed by atoms with Crippen LogP contribution in [0.15, 0.2) is 36.0 Å². The lowest BCUT2D eigenvalue weighted by Gasteiger charge is -2.25. The van der Waals surface area contributed by atoms with E-state index in [9.17, 15) is 4.79 Å². The number of pyridine rings is 1. The summed E-state index contributed by atoms with van der Waals surface area (Å²) in [6.07, 6.45) is 6.20. The van der Waals surface area contributed by atoms with Crippen LogP contribution in [0.25, 0.3) is 0 Å². The average Bonchev–Trinajstić information content (AvgIpc) is 2.86. The van der Waals surface area contributed by atoms with Crippen LogP contribution in [0.1, 0.15) is 52.3 Å². The number of nitrogens with zero attached hydrogens (tertiary/aromatic N) is 2. The molecule has 1 aliphatic carbocycles. The van der Waals surface area contributed by atoms with E-state index in [0.29, 0.717) is 11.8 Å². The van der Waals surface area contributed by atoms with Crippen molar-refractivity contribution in [3.63, 3.8) is 0 Å². The minimum atomic E-state index is 0.0889.